The fourth-order valence-electron chi connectivity index (χ4n) is 2.91. The summed E-state index contributed by atoms with van der Waals surface area (Å²) in [5.74, 6) is -0.828. The van der Waals surface area contributed by atoms with Crippen LogP contribution in [0.25, 0.3) is 0 Å². The predicted octanol–water partition coefficient (Wildman–Crippen LogP) is 3.12. The van der Waals surface area contributed by atoms with Gasteiger partial charge in [-0.3, -0.25) is 9.10 Å². The molecule has 0 aliphatic rings. The molecule has 0 aromatic heterocycles. The molecule has 146 valence electrons. The van der Waals surface area contributed by atoms with Gasteiger partial charge in [-0.05, 0) is 49.1 Å². The molecule has 1 atom stereocenters. The highest BCUT2D eigenvalue weighted by Gasteiger charge is 2.31. The second kappa shape index (κ2) is 9.50. The SMILES string of the molecule is CC[C@@H](C(=O)NCCCc1ccccc1)N(c1ccc(F)cc1)S(C)(=O)=O. The van der Waals surface area contributed by atoms with Crippen molar-refractivity contribution in [3.63, 3.8) is 0 Å². The van der Waals surface area contributed by atoms with E-state index >= 15 is 0 Å². The van der Waals surface area contributed by atoms with Crippen molar-refractivity contribution in [1.29, 1.82) is 0 Å². The molecule has 2 aromatic carbocycles. The van der Waals surface area contributed by atoms with Crippen molar-refractivity contribution in [1.82, 2.24) is 5.32 Å². The molecule has 1 amide bonds. The maximum Gasteiger partial charge on any atom is 0.243 e. The maximum absolute atomic E-state index is 13.2. The zero-order valence-electron chi connectivity index (χ0n) is 15.6. The van der Waals surface area contributed by atoms with E-state index in [9.17, 15) is 17.6 Å². The quantitative estimate of drug-likeness (QED) is 0.667. The summed E-state index contributed by atoms with van der Waals surface area (Å²) in [6, 6.07) is 14.1. The van der Waals surface area contributed by atoms with E-state index < -0.39 is 21.9 Å². The van der Waals surface area contributed by atoms with E-state index in [1.165, 1.54) is 29.8 Å². The first-order chi connectivity index (χ1) is 12.8. The van der Waals surface area contributed by atoms with Crippen molar-refractivity contribution >= 4 is 21.6 Å². The van der Waals surface area contributed by atoms with Gasteiger partial charge in [0, 0.05) is 6.54 Å². The summed E-state index contributed by atoms with van der Waals surface area (Å²) in [5.41, 5.74) is 1.45. The number of nitrogens with one attached hydrogen (secondary N) is 1. The lowest BCUT2D eigenvalue weighted by atomic mass is 10.1. The number of hydrogen-bond acceptors (Lipinski definition) is 3. The number of nitrogens with zero attached hydrogens (tertiary/aromatic N) is 1. The molecule has 0 bridgehead atoms. The van der Waals surface area contributed by atoms with Crippen LogP contribution in [-0.4, -0.2) is 33.2 Å². The molecule has 0 unspecified atom stereocenters. The van der Waals surface area contributed by atoms with E-state index in [0.717, 1.165) is 23.4 Å². The largest absolute Gasteiger partial charge is 0.354 e. The first-order valence-electron chi connectivity index (χ1n) is 8.89. The topological polar surface area (TPSA) is 66.5 Å². The van der Waals surface area contributed by atoms with E-state index in [1.807, 2.05) is 30.3 Å². The minimum absolute atomic E-state index is 0.269. The summed E-state index contributed by atoms with van der Waals surface area (Å²) in [5, 5.41) is 2.82. The van der Waals surface area contributed by atoms with Crippen LogP contribution in [-0.2, 0) is 21.2 Å². The summed E-state index contributed by atoms with van der Waals surface area (Å²) in [6.45, 7) is 2.20. The van der Waals surface area contributed by atoms with Crippen LogP contribution in [0.15, 0.2) is 54.6 Å². The van der Waals surface area contributed by atoms with Gasteiger partial charge in [-0.2, -0.15) is 0 Å². The fraction of sp³-hybridized carbons (Fsp3) is 0.350. The molecule has 0 heterocycles. The Kier molecular flexibility index (Phi) is 7.36. The van der Waals surface area contributed by atoms with Crippen LogP contribution < -0.4 is 9.62 Å². The van der Waals surface area contributed by atoms with Gasteiger partial charge in [0.15, 0.2) is 0 Å². The Morgan fingerprint density at radius 1 is 1.11 bits per heavy atom. The zero-order valence-corrected chi connectivity index (χ0v) is 16.4. The average molecular weight is 392 g/mol. The third-order valence-corrected chi connectivity index (χ3v) is 5.38. The number of sulfonamides is 1. The molecule has 7 heteroatoms. The van der Waals surface area contributed by atoms with E-state index in [4.69, 9.17) is 0 Å². The molecule has 27 heavy (non-hydrogen) atoms. The van der Waals surface area contributed by atoms with Gasteiger partial charge in [-0.15, -0.1) is 0 Å². The molecule has 0 aliphatic heterocycles. The first-order valence-corrected chi connectivity index (χ1v) is 10.7. The molecule has 0 saturated carbocycles. The lowest BCUT2D eigenvalue weighted by Crippen LogP contribution is -2.49. The summed E-state index contributed by atoms with van der Waals surface area (Å²) < 4.78 is 38.8. The third kappa shape index (κ3) is 6.06. The molecule has 0 aliphatic carbocycles. The number of rotatable bonds is 9. The lowest BCUT2D eigenvalue weighted by molar-refractivity contribution is -0.122. The van der Waals surface area contributed by atoms with Gasteiger partial charge in [0.05, 0.1) is 11.9 Å². The van der Waals surface area contributed by atoms with Crippen LogP contribution in [0.1, 0.15) is 25.3 Å². The molecular weight excluding hydrogens is 367 g/mol. The number of carbonyl (C=O) groups excluding carboxylic acids is 1. The number of benzene rings is 2. The Labute approximate surface area is 160 Å². The number of carbonyl (C=O) groups is 1. The summed E-state index contributed by atoms with van der Waals surface area (Å²) in [7, 11) is -3.71. The van der Waals surface area contributed by atoms with Gasteiger partial charge < -0.3 is 5.32 Å². The minimum Gasteiger partial charge on any atom is -0.354 e. The summed E-state index contributed by atoms with van der Waals surface area (Å²) in [6.07, 6.45) is 2.92. The van der Waals surface area contributed by atoms with E-state index in [1.54, 1.807) is 6.92 Å². The standard InChI is InChI=1S/C20H25FN2O3S/c1-3-19(20(24)22-15-7-10-16-8-5-4-6-9-16)23(27(2,25)26)18-13-11-17(21)12-14-18/h4-6,8-9,11-14,19H,3,7,10,15H2,1-2H3,(H,22,24)/t19-/m0/s1. The Morgan fingerprint density at radius 3 is 2.30 bits per heavy atom. The van der Waals surface area contributed by atoms with Crippen LogP contribution in [0.3, 0.4) is 0 Å². The van der Waals surface area contributed by atoms with Crippen molar-refractivity contribution in [3.8, 4) is 0 Å². The van der Waals surface area contributed by atoms with Crippen molar-refractivity contribution in [2.45, 2.75) is 32.2 Å². The molecule has 0 radical (unpaired) electrons. The highest BCUT2D eigenvalue weighted by Crippen LogP contribution is 2.22. The fourth-order valence-corrected chi connectivity index (χ4v) is 4.13. The lowest BCUT2D eigenvalue weighted by Gasteiger charge is -2.30. The van der Waals surface area contributed by atoms with E-state index in [-0.39, 0.29) is 11.6 Å². The van der Waals surface area contributed by atoms with Crippen LogP contribution in [0.4, 0.5) is 10.1 Å². The van der Waals surface area contributed by atoms with Crippen LogP contribution in [0.5, 0.6) is 0 Å². The maximum atomic E-state index is 13.2. The van der Waals surface area contributed by atoms with E-state index in [0.29, 0.717) is 13.0 Å². The van der Waals surface area contributed by atoms with Gasteiger partial charge >= 0.3 is 0 Å². The van der Waals surface area contributed by atoms with Gasteiger partial charge in [0.1, 0.15) is 11.9 Å². The van der Waals surface area contributed by atoms with Crippen molar-refractivity contribution in [3.05, 3.63) is 66.0 Å². The second-order valence-electron chi connectivity index (χ2n) is 6.34. The van der Waals surface area contributed by atoms with Crippen LogP contribution >= 0.6 is 0 Å². The highest BCUT2D eigenvalue weighted by molar-refractivity contribution is 7.92. The summed E-state index contributed by atoms with van der Waals surface area (Å²) >= 11 is 0. The van der Waals surface area contributed by atoms with Gasteiger partial charge in [0.2, 0.25) is 15.9 Å². The summed E-state index contributed by atoms with van der Waals surface area (Å²) in [4.78, 5) is 12.6. The molecule has 5 nitrogen and oxygen atoms in total. The highest BCUT2D eigenvalue weighted by atomic mass is 32.2. The normalized spacial score (nSPS) is 12.4. The number of halogens is 1. The molecule has 2 rings (SSSR count). The van der Waals surface area contributed by atoms with E-state index in [2.05, 4.69) is 5.32 Å². The van der Waals surface area contributed by atoms with Gasteiger partial charge in [-0.25, -0.2) is 12.8 Å². The monoisotopic (exact) mass is 392 g/mol. The number of amides is 1. The molecule has 1 N–H and O–H groups in total. The Hall–Kier alpha value is -2.41. The predicted molar refractivity (Wildman–Crippen MR) is 106 cm³/mol. The number of hydrogen-bond donors (Lipinski definition) is 1. The second-order valence-corrected chi connectivity index (χ2v) is 8.20. The third-order valence-electron chi connectivity index (χ3n) is 4.20. The number of aryl methyl sites for hydroxylation is 1. The Bertz CT molecular complexity index is 839. The molecule has 0 spiro atoms. The molecule has 0 fully saturated rings. The first kappa shape index (κ1) is 20.9. The van der Waals surface area contributed by atoms with Gasteiger partial charge in [0.25, 0.3) is 0 Å². The minimum atomic E-state index is -3.71. The Morgan fingerprint density at radius 2 is 1.74 bits per heavy atom. The smallest absolute Gasteiger partial charge is 0.243 e. The number of anilines is 1. The average Bonchev–Trinajstić information content (AvgIpc) is 2.64. The Balaban J connectivity index is 2.04. The van der Waals surface area contributed by atoms with Crippen LogP contribution in [0.2, 0.25) is 0 Å². The molecule has 0 saturated heterocycles. The van der Waals surface area contributed by atoms with Crippen LogP contribution in [0, 0.1) is 5.82 Å². The molecular formula is C20H25FN2O3S. The van der Waals surface area contributed by atoms with Crippen molar-refractivity contribution in [2.24, 2.45) is 0 Å². The van der Waals surface area contributed by atoms with Crippen molar-refractivity contribution in [2.75, 3.05) is 17.1 Å². The van der Waals surface area contributed by atoms with Gasteiger partial charge in [-0.1, -0.05) is 37.3 Å². The van der Waals surface area contributed by atoms with Crippen molar-refractivity contribution < 1.29 is 17.6 Å². The zero-order chi connectivity index (χ0) is 19.9. The molecule has 2 aromatic rings.